The molecule has 2 rings (SSSR count). The summed E-state index contributed by atoms with van der Waals surface area (Å²) in [5, 5.41) is 2.67. The van der Waals surface area contributed by atoms with E-state index in [2.05, 4.69) is 5.32 Å². The van der Waals surface area contributed by atoms with Gasteiger partial charge in [-0.1, -0.05) is 12.8 Å². The third-order valence-corrected chi connectivity index (χ3v) is 3.77. The summed E-state index contributed by atoms with van der Waals surface area (Å²) in [4.78, 5) is 24.9. The van der Waals surface area contributed by atoms with Crippen LogP contribution < -0.4 is 5.32 Å². The second-order valence-electron chi connectivity index (χ2n) is 5.08. The van der Waals surface area contributed by atoms with Gasteiger partial charge in [0.2, 0.25) is 11.8 Å². The maximum absolute atomic E-state index is 12.2. The smallest absolute Gasteiger partial charge is 0.224 e. The summed E-state index contributed by atoms with van der Waals surface area (Å²) >= 11 is 0. The van der Waals surface area contributed by atoms with Gasteiger partial charge in [-0.05, 0) is 12.8 Å². The van der Waals surface area contributed by atoms with Crippen LogP contribution in [0.5, 0.6) is 0 Å². The van der Waals surface area contributed by atoms with Crippen molar-refractivity contribution in [2.45, 2.75) is 51.2 Å². The van der Waals surface area contributed by atoms with E-state index in [9.17, 15) is 9.59 Å². The van der Waals surface area contributed by atoms with Crippen molar-refractivity contribution >= 4 is 11.8 Å². The molecule has 18 heavy (non-hydrogen) atoms. The molecule has 1 saturated carbocycles. The number of ether oxygens (including phenoxy) is 1. The summed E-state index contributed by atoms with van der Waals surface area (Å²) < 4.78 is 5.74. The number of hydrogen-bond donors (Lipinski definition) is 1. The van der Waals surface area contributed by atoms with E-state index >= 15 is 0 Å². The maximum atomic E-state index is 12.2. The van der Waals surface area contributed by atoms with E-state index in [-0.39, 0.29) is 24.0 Å². The lowest BCUT2D eigenvalue weighted by molar-refractivity contribution is -0.149. The molecule has 1 N–H and O–H groups in total. The van der Waals surface area contributed by atoms with Crippen LogP contribution in [0.25, 0.3) is 0 Å². The van der Waals surface area contributed by atoms with Crippen LogP contribution in [-0.2, 0) is 14.3 Å². The normalized spacial score (nSPS) is 27.5. The molecule has 0 aromatic rings. The summed E-state index contributed by atoms with van der Waals surface area (Å²) in [6, 6.07) is 0.261. The number of amides is 2. The van der Waals surface area contributed by atoms with E-state index in [1.165, 1.54) is 19.8 Å². The molecule has 5 nitrogen and oxygen atoms in total. The standard InChI is InChI=1S/C13H22N2O3/c1-10(16)14-7-6-13(17)15-8-9-18-12-5-3-2-4-11(12)15/h11-12H,2-9H2,1H3,(H,14,16). The van der Waals surface area contributed by atoms with Gasteiger partial charge in [0.05, 0.1) is 18.8 Å². The minimum atomic E-state index is -0.0830. The molecule has 1 heterocycles. The van der Waals surface area contributed by atoms with Crippen LogP contribution in [0.15, 0.2) is 0 Å². The van der Waals surface area contributed by atoms with Crippen molar-refractivity contribution in [2.24, 2.45) is 0 Å². The predicted octanol–water partition coefficient (Wildman–Crippen LogP) is 0.683. The van der Waals surface area contributed by atoms with Crippen LogP contribution in [-0.4, -0.2) is 48.6 Å². The van der Waals surface area contributed by atoms with Crippen molar-refractivity contribution in [3.63, 3.8) is 0 Å². The minimum Gasteiger partial charge on any atom is -0.374 e. The van der Waals surface area contributed by atoms with E-state index < -0.39 is 0 Å². The quantitative estimate of drug-likeness (QED) is 0.806. The van der Waals surface area contributed by atoms with Crippen molar-refractivity contribution in [1.82, 2.24) is 10.2 Å². The molecule has 1 aliphatic carbocycles. The number of nitrogens with zero attached hydrogens (tertiary/aromatic N) is 1. The SMILES string of the molecule is CC(=O)NCCC(=O)N1CCOC2CCCCC21. The monoisotopic (exact) mass is 254 g/mol. The third kappa shape index (κ3) is 3.22. The Hall–Kier alpha value is -1.10. The first-order valence-electron chi connectivity index (χ1n) is 6.84. The number of morpholine rings is 1. The molecule has 2 fully saturated rings. The predicted molar refractivity (Wildman–Crippen MR) is 67.0 cm³/mol. The molecule has 1 saturated heterocycles. The van der Waals surface area contributed by atoms with Crippen LogP contribution in [0, 0.1) is 0 Å². The number of carbonyl (C=O) groups excluding carboxylic acids is 2. The number of rotatable bonds is 3. The molecule has 0 aromatic heterocycles. The van der Waals surface area contributed by atoms with Crippen LogP contribution in [0.1, 0.15) is 39.0 Å². The molecule has 0 spiro atoms. The molecule has 0 radical (unpaired) electrons. The molecule has 2 unspecified atom stereocenters. The zero-order chi connectivity index (χ0) is 13.0. The zero-order valence-corrected chi connectivity index (χ0v) is 11.0. The summed E-state index contributed by atoms with van der Waals surface area (Å²) in [6.07, 6.45) is 5.13. The second-order valence-corrected chi connectivity index (χ2v) is 5.08. The summed E-state index contributed by atoms with van der Waals surface area (Å²) in [5.74, 6) is 0.0595. The van der Waals surface area contributed by atoms with Crippen LogP contribution in [0.2, 0.25) is 0 Å². The van der Waals surface area contributed by atoms with E-state index in [0.29, 0.717) is 26.1 Å². The summed E-state index contributed by atoms with van der Waals surface area (Å²) in [5.41, 5.74) is 0. The highest BCUT2D eigenvalue weighted by Crippen LogP contribution is 2.28. The fourth-order valence-electron chi connectivity index (χ4n) is 2.90. The Morgan fingerprint density at radius 2 is 2.11 bits per heavy atom. The Kier molecular flexibility index (Phi) is 4.58. The van der Waals surface area contributed by atoms with Gasteiger partial charge in [-0.3, -0.25) is 9.59 Å². The highest BCUT2D eigenvalue weighted by Gasteiger charge is 2.36. The summed E-state index contributed by atoms with van der Waals surface area (Å²) in [6.45, 7) is 3.24. The average molecular weight is 254 g/mol. The van der Waals surface area contributed by atoms with E-state index in [0.717, 1.165) is 12.8 Å². The minimum absolute atomic E-state index is 0.0830. The Balaban J connectivity index is 1.85. The first kappa shape index (κ1) is 13.3. The molecule has 5 heteroatoms. The topological polar surface area (TPSA) is 58.6 Å². The van der Waals surface area contributed by atoms with Crippen molar-refractivity contribution < 1.29 is 14.3 Å². The third-order valence-electron chi connectivity index (χ3n) is 3.77. The van der Waals surface area contributed by atoms with E-state index in [1.807, 2.05) is 4.90 Å². The number of nitrogens with one attached hydrogen (secondary N) is 1. The van der Waals surface area contributed by atoms with Crippen LogP contribution >= 0.6 is 0 Å². The van der Waals surface area contributed by atoms with Crippen molar-refractivity contribution in [3.8, 4) is 0 Å². The molecular formula is C13H22N2O3. The molecule has 0 aromatic carbocycles. The van der Waals surface area contributed by atoms with Gasteiger partial charge in [0.15, 0.2) is 0 Å². The Morgan fingerprint density at radius 1 is 1.33 bits per heavy atom. The molecule has 2 atom stereocenters. The second kappa shape index (κ2) is 6.18. The Bertz CT molecular complexity index is 317. The van der Waals surface area contributed by atoms with Gasteiger partial charge in [0.1, 0.15) is 0 Å². The fraction of sp³-hybridized carbons (Fsp3) is 0.846. The number of carbonyl (C=O) groups is 2. The molecule has 1 aliphatic heterocycles. The molecule has 102 valence electrons. The Morgan fingerprint density at radius 3 is 2.89 bits per heavy atom. The average Bonchev–Trinajstić information content (AvgIpc) is 2.37. The lowest BCUT2D eigenvalue weighted by Gasteiger charge is -2.43. The summed E-state index contributed by atoms with van der Waals surface area (Å²) in [7, 11) is 0. The maximum Gasteiger partial charge on any atom is 0.224 e. The molecule has 2 amide bonds. The zero-order valence-electron chi connectivity index (χ0n) is 11.0. The molecule has 0 bridgehead atoms. The first-order valence-corrected chi connectivity index (χ1v) is 6.84. The van der Waals surface area contributed by atoms with Crippen molar-refractivity contribution in [2.75, 3.05) is 19.7 Å². The molecular weight excluding hydrogens is 232 g/mol. The van der Waals surface area contributed by atoms with E-state index in [4.69, 9.17) is 4.74 Å². The highest BCUT2D eigenvalue weighted by atomic mass is 16.5. The van der Waals surface area contributed by atoms with Gasteiger partial charge in [-0.25, -0.2) is 0 Å². The number of hydrogen-bond acceptors (Lipinski definition) is 3. The largest absolute Gasteiger partial charge is 0.374 e. The highest BCUT2D eigenvalue weighted by molar-refractivity contribution is 5.78. The van der Waals surface area contributed by atoms with Crippen LogP contribution in [0.4, 0.5) is 0 Å². The van der Waals surface area contributed by atoms with Crippen molar-refractivity contribution in [1.29, 1.82) is 0 Å². The van der Waals surface area contributed by atoms with Crippen LogP contribution in [0.3, 0.4) is 0 Å². The lowest BCUT2D eigenvalue weighted by atomic mass is 9.90. The van der Waals surface area contributed by atoms with E-state index in [1.54, 1.807) is 0 Å². The van der Waals surface area contributed by atoms with Gasteiger partial charge in [-0.15, -0.1) is 0 Å². The van der Waals surface area contributed by atoms with Gasteiger partial charge >= 0.3 is 0 Å². The molecule has 2 aliphatic rings. The fourth-order valence-corrected chi connectivity index (χ4v) is 2.90. The van der Waals surface area contributed by atoms with Gasteiger partial charge in [-0.2, -0.15) is 0 Å². The lowest BCUT2D eigenvalue weighted by Crippen LogP contribution is -2.55. The van der Waals surface area contributed by atoms with Gasteiger partial charge < -0.3 is 15.0 Å². The van der Waals surface area contributed by atoms with Crippen molar-refractivity contribution in [3.05, 3.63) is 0 Å². The van der Waals surface area contributed by atoms with Gasteiger partial charge in [0, 0.05) is 26.4 Å². The Labute approximate surface area is 108 Å². The number of fused-ring (bicyclic) bond motifs is 1. The van der Waals surface area contributed by atoms with Gasteiger partial charge in [0.25, 0.3) is 0 Å². The first-order chi connectivity index (χ1) is 8.68.